The Morgan fingerprint density at radius 2 is 1.97 bits per heavy atom. The van der Waals surface area contributed by atoms with Crippen LogP contribution in [0.4, 0.5) is 4.39 Å². The van der Waals surface area contributed by atoms with Crippen molar-refractivity contribution < 1.29 is 18.7 Å². The molecule has 0 spiro atoms. The molecular weight excluding hydrogens is 565 g/mol. The van der Waals surface area contributed by atoms with E-state index in [1.165, 1.54) is 23.4 Å². The molecule has 1 aliphatic rings. The SMILES string of the molecule is O=C1/C(=C/c2cc(Br)cc(Br)c2O)S/C(=N\N=C\c2ccccc2F)N1Cc1ccco1. The fourth-order valence-corrected chi connectivity index (χ4v) is 5.02. The standard InChI is InChI=1S/C22H14Br2FN3O3S/c23-15-8-14(20(29)17(24)10-15)9-19-21(30)28(12-16-5-3-7-31-16)22(32-19)27-26-11-13-4-1-2-6-18(13)25/h1-11,29H,12H2/b19-9-,26-11+,27-22-. The molecule has 162 valence electrons. The Hall–Kier alpha value is -2.69. The first-order valence-corrected chi connectivity index (χ1v) is 11.6. The van der Waals surface area contributed by atoms with E-state index in [0.717, 1.165) is 16.2 Å². The number of aromatic hydroxyl groups is 1. The van der Waals surface area contributed by atoms with E-state index in [2.05, 4.69) is 42.1 Å². The number of carbonyl (C=O) groups is 1. The van der Waals surface area contributed by atoms with Crippen molar-refractivity contribution in [2.75, 3.05) is 0 Å². The maximum absolute atomic E-state index is 13.8. The van der Waals surface area contributed by atoms with E-state index in [1.807, 2.05) is 0 Å². The predicted molar refractivity (Wildman–Crippen MR) is 130 cm³/mol. The predicted octanol–water partition coefficient (Wildman–Crippen LogP) is 6.16. The van der Waals surface area contributed by atoms with Crippen molar-refractivity contribution in [1.82, 2.24) is 4.90 Å². The summed E-state index contributed by atoms with van der Waals surface area (Å²) in [6, 6.07) is 13.1. The highest BCUT2D eigenvalue weighted by Crippen LogP contribution is 2.38. The second-order valence-corrected chi connectivity index (χ2v) is 9.33. The highest BCUT2D eigenvalue weighted by Gasteiger charge is 2.34. The summed E-state index contributed by atoms with van der Waals surface area (Å²) in [6.45, 7) is 0.151. The molecule has 0 unspecified atom stereocenters. The van der Waals surface area contributed by atoms with Crippen LogP contribution in [0.2, 0.25) is 0 Å². The summed E-state index contributed by atoms with van der Waals surface area (Å²) in [5.74, 6) is -0.161. The van der Waals surface area contributed by atoms with Crippen LogP contribution in [0, 0.1) is 5.82 Å². The summed E-state index contributed by atoms with van der Waals surface area (Å²) in [5.41, 5.74) is 0.736. The molecule has 4 rings (SSSR count). The van der Waals surface area contributed by atoms with Gasteiger partial charge >= 0.3 is 0 Å². The molecule has 0 saturated carbocycles. The van der Waals surface area contributed by atoms with Gasteiger partial charge in [0.2, 0.25) is 0 Å². The first kappa shape index (κ1) is 22.5. The molecule has 10 heteroatoms. The van der Waals surface area contributed by atoms with Crippen LogP contribution in [0.25, 0.3) is 6.08 Å². The zero-order valence-corrected chi connectivity index (χ0v) is 20.2. The van der Waals surface area contributed by atoms with Crippen molar-refractivity contribution in [2.24, 2.45) is 10.2 Å². The van der Waals surface area contributed by atoms with E-state index in [4.69, 9.17) is 4.42 Å². The van der Waals surface area contributed by atoms with Crippen LogP contribution in [0.1, 0.15) is 16.9 Å². The minimum atomic E-state index is -0.421. The number of hydrogen-bond donors (Lipinski definition) is 1. The van der Waals surface area contributed by atoms with E-state index in [1.54, 1.807) is 48.5 Å². The first-order chi connectivity index (χ1) is 15.4. The maximum atomic E-state index is 13.8. The number of halogens is 3. The summed E-state index contributed by atoms with van der Waals surface area (Å²) in [4.78, 5) is 14.9. The molecule has 0 atom stereocenters. The number of amides is 1. The van der Waals surface area contributed by atoms with Gasteiger partial charge in [0.25, 0.3) is 5.91 Å². The van der Waals surface area contributed by atoms with Crippen molar-refractivity contribution in [3.63, 3.8) is 0 Å². The molecule has 1 aliphatic heterocycles. The number of furan rings is 1. The molecule has 32 heavy (non-hydrogen) atoms. The third-order valence-electron chi connectivity index (χ3n) is 4.37. The fourth-order valence-electron chi connectivity index (χ4n) is 2.84. The van der Waals surface area contributed by atoms with Crippen LogP contribution in [0.15, 0.2) is 83.3 Å². The Morgan fingerprint density at radius 1 is 1.16 bits per heavy atom. The van der Waals surface area contributed by atoms with Gasteiger partial charge in [-0.05, 0) is 64.1 Å². The van der Waals surface area contributed by atoms with E-state index in [0.29, 0.717) is 25.9 Å². The molecule has 1 N–H and O–H groups in total. The number of phenolic OH excluding ortho intramolecular Hbond substituents is 1. The molecule has 1 amide bonds. The Morgan fingerprint density at radius 3 is 2.72 bits per heavy atom. The summed E-state index contributed by atoms with van der Waals surface area (Å²) >= 11 is 7.77. The minimum Gasteiger partial charge on any atom is -0.506 e. The lowest BCUT2D eigenvalue weighted by Crippen LogP contribution is -2.28. The van der Waals surface area contributed by atoms with Gasteiger partial charge in [0.05, 0.1) is 28.4 Å². The number of rotatable bonds is 5. The zero-order valence-electron chi connectivity index (χ0n) is 16.2. The topological polar surface area (TPSA) is 78.4 Å². The third-order valence-corrected chi connectivity index (χ3v) is 6.43. The lowest BCUT2D eigenvalue weighted by Gasteiger charge is -2.12. The van der Waals surface area contributed by atoms with E-state index < -0.39 is 5.82 Å². The van der Waals surface area contributed by atoms with Crippen molar-refractivity contribution in [3.8, 4) is 5.75 Å². The molecule has 3 aromatic rings. The number of amidine groups is 1. The Labute approximate surface area is 203 Å². The number of benzene rings is 2. The highest BCUT2D eigenvalue weighted by atomic mass is 79.9. The highest BCUT2D eigenvalue weighted by molar-refractivity contribution is 9.11. The molecular formula is C22H14Br2FN3O3S. The number of phenols is 1. The molecule has 1 aromatic heterocycles. The smallest absolute Gasteiger partial charge is 0.267 e. The van der Waals surface area contributed by atoms with Gasteiger partial charge in [-0.1, -0.05) is 34.1 Å². The second kappa shape index (κ2) is 9.85. The van der Waals surface area contributed by atoms with Gasteiger partial charge in [-0.2, -0.15) is 5.10 Å². The van der Waals surface area contributed by atoms with E-state index >= 15 is 0 Å². The van der Waals surface area contributed by atoms with Gasteiger partial charge in [0.15, 0.2) is 5.17 Å². The van der Waals surface area contributed by atoms with Crippen LogP contribution in [0.5, 0.6) is 5.75 Å². The maximum Gasteiger partial charge on any atom is 0.267 e. The van der Waals surface area contributed by atoms with Crippen LogP contribution in [-0.2, 0) is 11.3 Å². The summed E-state index contributed by atoms with van der Waals surface area (Å²) < 4.78 is 20.4. The summed E-state index contributed by atoms with van der Waals surface area (Å²) in [6.07, 6.45) is 4.39. The van der Waals surface area contributed by atoms with Gasteiger partial charge in [-0.25, -0.2) is 4.39 Å². The number of hydrogen-bond acceptors (Lipinski definition) is 6. The number of carbonyl (C=O) groups excluding carboxylic acids is 1. The third kappa shape index (κ3) is 5.03. The van der Waals surface area contributed by atoms with Gasteiger partial charge < -0.3 is 9.52 Å². The van der Waals surface area contributed by atoms with Crippen molar-refractivity contribution >= 4 is 67.0 Å². The van der Waals surface area contributed by atoms with Crippen molar-refractivity contribution in [3.05, 3.63) is 91.3 Å². The molecule has 2 heterocycles. The van der Waals surface area contributed by atoms with Gasteiger partial charge in [0.1, 0.15) is 17.3 Å². The molecule has 1 saturated heterocycles. The summed E-state index contributed by atoms with van der Waals surface area (Å²) in [5, 5.41) is 18.8. The van der Waals surface area contributed by atoms with Crippen LogP contribution < -0.4 is 0 Å². The van der Waals surface area contributed by atoms with E-state index in [9.17, 15) is 14.3 Å². The zero-order chi connectivity index (χ0) is 22.7. The van der Waals surface area contributed by atoms with Crippen molar-refractivity contribution in [2.45, 2.75) is 6.54 Å². The molecule has 2 aromatic carbocycles. The molecule has 6 nitrogen and oxygen atoms in total. The van der Waals surface area contributed by atoms with Gasteiger partial charge in [0, 0.05) is 15.6 Å². The quantitative estimate of drug-likeness (QED) is 0.223. The lowest BCUT2D eigenvalue weighted by molar-refractivity contribution is -0.122. The monoisotopic (exact) mass is 577 g/mol. The fraction of sp³-hybridized carbons (Fsp3) is 0.0455. The Balaban J connectivity index is 1.68. The Bertz CT molecular complexity index is 1260. The Kier molecular flexibility index (Phi) is 6.92. The average molecular weight is 579 g/mol. The molecule has 0 bridgehead atoms. The molecule has 1 fully saturated rings. The van der Waals surface area contributed by atoms with Crippen LogP contribution in [0.3, 0.4) is 0 Å². The van der Waals surface area contributed by atoms with E-state index in [-0.39, 0.29) is 23.8 Å². The average Bonchev–Trinajstić information content (AvgIpc) is 3.37. The number of thioether (sulfide) groups is 1. The van der Waals surface area contributed by atoms with Crippen LogP contribution in [-0.4, -0.2) is 27.3 Å². The normalized spacial score (nSPS) is 16.7. The lowest BCUT2D eigenvalue weighted by atomic mass is 10.2. The molecule has 0 aliphatic carbocycles. The second-order valence-electron chi connectivity index (χ2n) is 6.56. The number of nitrogens with zero attached hydrogens (tertiary/aromatic N) is 3. The van der Waals surface area contributed by atoms with Gasteiger partial charge in [-0.15, -0.1) is 5.10 Å². The largest absolute Gasteiger partial charge is 0.506 e. The van der Waals surface area contributed by atoms with Crippen molar-refractivity contribution in [1.29, 1.82) is 0 Å². The minimum absolute atomic E-state index is 0.00893. The first-order valence-electron chi connectivity index (χ1n) is 9.19. The van der Waals surface area contributed by atoms with Gasteiger partial charge in [-0.3, -0.25) is 9.69 Å². The summed E-state index contributed by atoms with van der Waals surface area (Å²) in [7, 11) is 0. The molecule has 0 radical (unpaired) electrons. The van der Waals surface area contributed by atoms with Crippen LogP contribution >= 0.6 is 43.6 Å².